The van der Waals surface area contributed by atoms with Crippen molar-refractivity contribution in [3.8, 4) is 0 Å². The number of carbonyl (C=O) groups is 1. The van der Waals surface area contributed by atoms with Crippen LogP contribution >= 0.6 is 23.4 Å². The van der Waals surface area contributed by atoms with Gasteiger partial charge in [0.1, 0.15) is 5.69 Å². The number of piperidine rings is 1. The fourth-order valence-electron chi connectivity index (χ4n) is 3.10. The van der Waals surface area contributed by atoms with Crippen molar-refractivity contribution < 1.29 is 4.79 Å². The third-order valence-corrected chi connectivity index (χ3v) is 6.21. The average Bonchev–Trinajstić information content (AvgIpc) is 2.62. The summed E-state index contributed by atoms with van der Waals surface area (Å²) in [5, 5.41) is 0.794. The van der Waals surface area contributed by atoms with E-state index in [2.05, 4.69) is 11.9 Å². The Hall–Kier alpha value is -1.52. The van der Waals surface area contributed by atoms with E-state index in [9.17, 15) is 4.79 Å². The molecular weight excluding hydrogens is 352 g/mol. The monoisotopic (exact) mass is 374 g/mol. The number of halogens is 1. The smallest absolute Gasteiger partial charge is 0.272 e. The van der Waals surface area contributed by atoms with Gasteiger partial charge in [0, 0.05) is 23.7 Å². The first-order valence-electron chi connectivity index (χ1n) is 8.67. The Morgan fingerprint density at radius 2 is 2.12 bits per heavy atom. The number of pyridine rings is 1. The topological polar surface area (TPSA) is 33.2 Å². The zero-order valence-corrected chi connectivity index (χ0v) is 16.2. The molecule has 0 aliphatic carbocycles. The maximum Gasteiger partial charge on any atom is 0.272 e. The second-order valence-electron chi connectivity index (χ2n) is 6.69. The molecule has 1 fully saturated rings. The van der Waals surface area contributed by atoms with Crippen molar-refractivity contribution in [1.29, 1.82) is 0 Å². The molecule has 1 atom stereocenters. The van der Waals surface area contributed by atoms with Gasteiger partial charge in [-0.15, -0.1) is 11.8 Å². The number of likely N-dealkylation sites (tertiary alicyclic amines) is 1. The van der Waals surface area contributed by atoms with Gasteiger partial charge in [0.2, 0.25) is 0 Å². The quantitative estimate of drug-likeness (QED) is 0.689. The van der Waals surface area contributed by atoms with Gasteiger partial charge in [-0.25, -0.2) is 4.98 Å². The fourth-order valence-corrected chi connectivity index (χ4v) is 4.31. The molecule has 25 heavy (non-hydrogen) atoms. The predicted molar refractivity (Wildman–Crippen MR) is 104 cm³/mol. The van der Waals surface area contributed by atoms with Crippen LogP contribution in [0.25, 0.3) is 0 Å². The molecule has 3 nitrogen and oxygen atoms in total. The molecule has 0 spiro atoms. The zero-order valence-electron chi connectivity index (χ0n) is 14.7. The summed E-state index contributed by atoms with van der Waals surface area (Å²) in [6.07, 6.45) is 2.28. The second kappa shape index (κ2) is 8.24. The lowest BCUT2D eigenvalue weighted by Gasteiger charge is -2.30. The number of thioether (sulfide) groups is 1. The third-order valence-electron chi connectivity index (χ3n) is 4.50. The van der Waals surface area contributed by atoms with Crippen molar-refractivity contribution in [2.24, 2.45) is 5.92 Å². The van der Waals surface area contributed by atoms with Gasteiger partial charge in [-0.05, 0) is 49.4 Å². The van der Waals surface area contributed by atoms with Gasteiger partial charge in [-0.3, -0.25) is 4.79 Å². The molecule has 0 saturated carbocycles. The molecule has 2 aromatic rings. The van der Waals surface area contributed by atoms with Gasteiger partial charge in [-0.1, -0.05) is 36.7 Å². The summed E-state index contributed by atoms with van der Waals surface area (Å²) in [7, 11) is 0. The van der Waals surface area contributed by atoms with Crippen LogP contribution < -0.4 is 0 Å². The van der Waals surface area contributed by atoms with Crippen LogP contribution in [0.5, 0.6) is 0 Å². The van der Waals surface area contributed by atoms with Crippen LogP contribution in [-0.4, -0.2) is 28.9 Å². The van der Waals surface area contributed by atoms with E-state index in [1.54, 1.807) is 11.8 Å². The van der Waals surface area contributed by atoms with Gasteiger partial charge in [0.25, 0.3) is 5.91 Å². The number of aryl methyl sites for hydroxylation is 1. The minimum atomic E-state index is 0.0481. The van der Waals surface area contributed by atoms with Crippen LogP contribution in [-0.2, 0) is 5.75 Å². The van der Waals surface area contributed by atoms with Crippen molar-refractivity contribution >= 4 is 29.3 Å². The minimum Gasteiger partial charge on any atom is -0.337 e. The highest BCUT2D eigenvalue weighted by Crippen LogP contribution is 2.31. The van der Waals surface area contributed by atoms with Crippen molar-refractivity contribution in [1.82, 2.24) is 9.88 Å². The molecule has 1 aliphatic rings. The second-order valence-corrected chi connectivity index (χ2v) is 8.08. The molecule has 132 valence electrons. The maximum atomic E-state index is 12.7. The standard InChI is InChI=1S/C20H23ClN2OS/c1-14-6-5-11-23(12-14)20(24)17-9-4-8-16(22-17)13-25-18-10-3-7-15(2)19(18)21/h3-4,7-10,14H,5-6,11-13H2,1-2H3. The number of rotatable bonds is 4. The van der Waals surface area contributed by atoms with Gasteiger partial charge in [-0.2, -0.15) is 0 Å². The largest absolute Gasteiger partial charge is 0.337 e. The number of aromatic nitrogens is 1. The highest BCUT2D eigenvalue weighted by molar-refractivity contribution is 7.98. The van der Waals surface area contributed by atoms with Gasteiger partial charge in [0.05, 0.1) is 10.7 Å². The maximum absolute atomic E-state index is 12.7. The summed E-state index contributed by atoms with van der Waals surface area (Å²) in [6, 6.07) is 11.7. The number of benzene rings is 1. The van der Waals surface area contributed by atoms with Crippen LogP contribution in [0.4, 0.5) is 0 Å². The van der Waals surface area contributed by atoms with E-state index >= 15 is 0 Å². The van der Waals surface area contributed by atoms with Gasteiger partial charge in [0.15, 0.2) is 0 Å². The van der Waals surface area contributed by atoms with Gasteiger partial charge < -0.3 is 4.90 Å². The molecule has 1 aromatic carbocycles. The summed E-state index contributed by atoms with van der Waals surface area (Å²) >= 11 is 8.01. The first-order chi connectivity index (χ1) is 12.0. The highest BCUT2D eigenvalue weighted by atomic mass is 35.5. The molecule has 1 aliphatic heterocycles. The number of amides is 1. The van der Waals surface area contributed by atoms with Gasteiger partial charge >= 0.3 is 0 Å². The molecule has 3 rings (SSSR count). The Labute approximate surface area is 158 Å². The molecule has 5 heteroatoms. The molecule has 1 aromatic heterocycles. The molecular formula is C20H23ClN2OS. The Kier molecular flexibility index (Phi) is 6.02. The minimum absolute atomic E-state index is 0.0481. The predicted octanol–water partition coefficient (Wildman–Crippen LogP) is 5.21. The highest BCUT2D eigenvalue weighted by Gasteiger charge is 2.23. The van der Waals surface area contributed by atoms with Crippen molar-refractivity contribution in [3.63, 3.8) is 0 Å². The van der Waals surface area contributed by atoms with E-state index in [1.165, 1.54) is 6.42 Å². The summed E-state index contributed by atoms with van der Waals surface area (Å²) < 4.78 is 0. The lowest BCUT2D eigenvalue weighted by Crippen LogP contribution is -2.39. The van der Waals surface area contributed by atoms with E-state index in [0.717, 1.165) is 40.7 Å². The third kappa shape index (κ3) is 4.56. The Morgan fingerprint density at radius 1 is 1.32 bits per heavy atom. The van der Waals surface area contributed by atoms with Crippen LogP contribution in [0, 0.1) is 12.8 Å². The molecule has 2 heterocycles. The summed E-state index contributed by atoms with van der Waals surface area (Å²) in [5.74, 6) is 1.31. The SMILES string of the molecule is Cc1cccc(SCc2cccc(C(=O)N3CCCC(C)C3)n2)c1Cl. The molecule has 1 unspecified atom stereocenters. The summed E-state index contributed by atoms with van der Waals surface area (Å²) in [5.41, 5.74) is 2.52. The number of carbonyl (C=O) groups excluding carboxylic acids is 1. The van der Waals surface area contributed by atoms with Crippen LogP contribution in [0.1, 0.15) is 41.5 Å². The molecule has 1 amide bonds. The van der Waals surface area contributed by atoms with Crippen LogP contribution in [0.3, 0.4) is 0 Å². The van der Waals surface area contributed by atoms with E-state index in [4.69, 9.17) is 11.6 Å². The number of hydrogen-bond donors (Lipinski definition) is 0. The van der Waals surface area contributed by atoms with Crippen LogP contribution in [0.2, 0.25) is 5.02 Å². The van der Waals surface area contributed by atoms with Crippen molar-refractivity contribution in [3.05, 3.63) is 58.4 Å². The van der Waals surface area contributed by atoms with Crippen molar-refractivity contribution in [2.75, 3.05) is 13.1 Å². The number of hydrogen-bond acceptors (Lipinski definition) is 3. The van der Waals surface area contributed by atoms with E-state index in [-0.39, 0.29) is 5.91 Å². The molecule has 0 N–H and O–H groups in total. The Morgan fingerprint density at radius 3 is 2.92 bits per heavy atom. The number of nitrogens with zero attached hydrogens (tertiary/aromatic N) is 2. The fraction of sp³-hybridized carbons (Fsp3) is 0.400. The first-order valence-corrected chi connectivity index (χ1v) is 10.0. The van der Waals surface area contributed by atoms with E-state index in [0.29, 0.717) is 17.4 Å². The van der Waals surface area contributed by atoms with Crippen LogP contribution in [0.15, 0.2) is 41.3 Å². The Balaban J connectivity index is 1.69. The summed E-state index contributed by atoms with van der Waals surface area (Å²) in [4.78, 5) is 20.3. The first kappa shape index (κ1) is 18.3. The average molecular weight is 375 g/mol. The zero-order chi connectivity index (χ0) is 17.8. The normalized spacial score (nSPS) is 17.6. The lowest BCUT2D eigenvalue weighted by molar-refractivity contribution is 0.0677. The molecule has 0 radical (unpaired) electrons. The molecule has 1 saturated heterocycles. The Bertz CT molecular complexity index is 765. The lowest BCUT2D eigenvalue weighted by atomic mass is 10.00. The van der Waals surface area contributed by atoms with Crippen molar-refractivity contribution in [2.45, 2.75) is 37.3 Å². The summed E-state index contributed by atoms with van der Waals surface area (Å²) in [6.45, 7) is 5.87. The van der Waals surface area contributed by atoms with E-state index < -0.39 is 0 Å². The molecule has 0 bridgehead atoms. The van der Waals surface area contributed by atoms with E-state index in [1.807, 2.05) is 48.2 Å².